The lowest BCUT2D eigenvalue weighted by molar-refractivity contribution is 0.381. The first kappa shape index (κ1) is 11.3. The van der Waals surface area contributed by atoms with Crippen molar-refractivity contribution in [3.05, 3.63) is 23.3 Å². The van der Waals surface area contributed by atoms with Crippen molar-refractivity contribution in [2.75, 3.05) is 14.2 Å². The van der Waals surface area contributed by atoms with E-state index in [0.717, 1.165) is 23.5 Å². The van der Waals surface area contributed by atoms with Gasteiger partial charge in [0, 0.05) is 17.7 Å². The lowest BCUT2D eigenvalue weighted by atomic mass is 9.86. The molecule has 16 heavy (non-hydrogen) atoms. The number of nitrogens with two attached hydrogens (primary N) is 1. The van der Waals surface area contributed by atoms with Gasteiger partial charge >= 0.3 is 0 Å². The van der Waals surface area contributed by atoms with Crippen molar-refractivity contribution in [2.24, 2.45) is 5.73 Å². The molecule has 2 N–H and O–H groups in total. The molecule has 1 atom stereocenters. The number of hydrogen-bond acceptors (Lipinski definition) is 3. The fourth-order valence-electron chi connectivity index (χ4n) is 2.67. The first-order valence-electron chi connectivity index (χ1n) is 5.51. The highest BCUT2D eigenvalue weighted by Gasteiger charge is 2.38. The van der Waals surface area contributed by atoms with E-state index in [4.69, 9.17) is 15.2 Å². The van der Waals surface area contributed by atoms with Gasteiger partial charge in [0.2, 0.25) is 0 Å². The van der Waals surface area contributed by atoms with E-state index >= 15 is 0 Å². The van der Waals surface area contributed by atoms with Gasteiger partial charge in [-0.3, -0.25) is 0 Å². The van der Waals surface area contributed by atoms with Gasteiger partial charge in [0.1, 0.15) is 11.5 Å². The van der Waals surface area contributed by atoms with Crippen molar-refractivity contribution in [1.29, 1.82) is 0 Å². The quantitative estimate of drug-likeness (QED) is 0.834. The van der Waals surface area contributed by atoms with Crippen molar-refractivity contribution < 1.29 is 9.47 Å². The Bertz CT molecular complexity index is 413. The zero-order valence-corrected chi connectivity index (χ0v) is 10.3. The summed E-state index contributed by atoms with van der Waals surface area (Å²) in [7, 11) is 3.35. The van der Waals surface area contributed by atoms with E-state index in [2.05, 4.69) is 13.8 Å². The molecule has 1 aliphatic carbocycles. The van der Waals surface area contributed by atoms with Crippen LogP contribution in [-0.4, -0.2) is 14.2 Å². The molecule has 0 unspecified atom stereocenters. The molecule has 1 aromatic carbocycles. The monoisotopic (exact) mass is 221 g/mol. The molecule has 0 aromatic heterocycles. The standard InChI is InChI=1S/C13H19NO2/c1-13(2)7-10(14)9-5-8(15-3)6-11(16-4)12(9)13/h5-6,10H,7,14H2,1-4H3/t10-/m0/s1. The van der Waals surface area contributed by atoms with Gasteiger partial charge in [-0.15, -0.1) is 0 Å². The molecule has 0 fully saturated rings. The van der Waals surface area contributed by atoms with E-state index in [9.17, 15) is 0 Å². The fraction of sp³-hybridized carbons (Fsp3) is 0.538. The highest BCUT2D eigenvalue weighted by molar-refractivity contribution is 5.54. The van der Waals surface area contributed by atoms with Gasteiger partial charge in [-0.25, -0.2) is 0 Å². The Labute approximate surface area is 96.5 Å². The van der Waals surface area contributed by atoms with E-state index in [1.165, 1.54) is 5.56 Å². The van der Waals surface area contributed by atoms with Gasteiger partial charge in [0.15, 0.2) is 0 Å². The summed E-state index contributed by atoms with van der Waals surface area (Å²) < 4.78 is 10.7. The highest BCUT2D eigenvalue weighted by atomic mass is 16.5. The second-order valence-electron chi connectivity index (χ2n) is 4.99. The average Bonchev–Trinajstić information content (AvgIpc) is 2.48. The molecule has 0 radical (unpaired) electrons. The van der Waals surface area contributed by atoms with Crippen LogP contribution in [0.1, 0.15) is 37.4 Å². The molecular weight excluding hydrogens is 202 g/mol. The van der Waals surface area contributed by atoms with Crippen molar-refractivity contribution in [2.45, 2.75) is 31.7 Å². The SMILES string of the molecule is COc1cc(OC)c2c(c1)[C@@H](N)CC2(C)C. The second-order valence-corrected chi connectivity index (χ2v) is 4.99. The van der Waals surface area contributed by atoms with Crippen LogP contribution >= 0.6 is 0 Å². The maximum Gasteiger partial charge on any atom is 0.126 e. The number of ether oxygens (including phenoxy) is 2. The number of rotatable bonds is 2. The first-order valence-corrected chi connectivity index (χ1v) is 5.51. The summed E-state index contributed by atoms with van der Waals surface area (Å²) >= 11 is 0. The van der Waals surface area contributed by atoms with Crippen LogP contribution in [-0.2, 0) is 5.41 Å². The number of fused-ring (bicyclic) bond motifs is 1. The maximum absolute atomic E-state index is 6.16. The predicted octanol–water partition coefficient (Wildman–Crippen LogP) is 2.38. The summed E-state index contributed by atoms with van der Waals surface area (Å²) in [4.78, 5) is 0. The molecule has 0 aliphatic heterocycles. The Balaban J connectivity index is 2.64. The molecule has 3 heteroatoms. The summed E-state index contributed by atoms with van der Waals surface area (Å²) in [5.41, 5.74) is 8.61. The number of methoxy groups -OCH3 is 2. The third-order valence-corrected chi connectivity index (χ3v) is 3.37. The summed E-state index contributed by atoms with van der Waals surface area (Å²) in [5, 5.41) is 0. The zero-order chi connectivity index (χ0) is 11.9. The molecule has 2 rings (SSSR count). The number of benzene rings is 1. The first-order chi connectivity index (χ1) is 7.49. The summed E-state index contributed by atoms with van der Waals surface area (Å²) in [6.07, 6.45) is 0.950. The molecule has 0 bridgehead atoms. The minimum atomic E-state index is 0.0758. The van der Waals surface area contributed by atoms with Crippen LogP contribution in [0.25, 0.3) is 0 Å². The van der Waals surface area contributed by atoms with E-state index in [1.807, 2.05) is 12.1 Å². The van der Waals surface area contributed by atoms with E-state index in [1.54, 1.807) is 14.2 Å². The van der Waals surface area contributed by atoms with Gasteiger partial charge in [0.25, 0.3) is 0 Å². The Hall–Kier alpha value is -1.22. The molecule has 1 aromatic rings. The summed E-state index contributed by atoms with van der Waals surface area (Å²) in [6.45, 7) is 4.40. The molecule has 0 heterocycles. The summed E-state index contributed by atoms with van der Waals surface area (Å²) in [6, 6.07) is 4.03. The third-order valence-electron chi connectivity index (χ3n) is 3.37. The van der Waals surface area contributed by atoms with Gasteiger partial charge in [0.05, 0.1) is 14.2 Å². The molecule has 3 nitrogen and oxygen atoms in total. The zero-order valence-electron chi connectivity index (χ0n) is 10.3. The van der Waals surface area contributed by atoms with Crippen LogP contribution < -0.4 is 15.2 Å². The fourth-order valence-corrected chi connectivity index (χ4v) is 2.67. The Morgan fingerprint density at radius 2 is 1.94 bits per heavy atom. The second kappa shape index (κ2) is 3.67. The third kappa shape index (κ3) is 1.55. The van der Waals surface area contributed by atoms with Gasteiger partial charge < -0.3 is 15.2 Å². The smallest absolute Gasteiger partial charge is 0.126 e. The lowest BCUT2D eigenvalue weighted by Crippen LogP contribution is -2.15. The lowest BCUT2D eigenvalue weighted by Gasteiger charge is -2.21. The average molecular weight is 221 g/mol. The Morgan fingerprint density at radius 3 is 2.50 bits per heavy atom. The topological polar surface area (TPSA) is 44.5 Å². The van der Waals surface area contributed by atoms with Crippen LogP contribution in [0.2, 0.25) is 0 Å². The molecule has 1 aliphatic rings. The highest BCUT2D eigenvalue weighted by Crippen LogP contribution is 2.49. The largest absolute Gasteiger partial charge is 0.497 e. The van der Waals surface area contributed by atoms with E-state index in [-0.39, 0.29) is 11.5 Å². The van der Waals surface area contributed by atoms with Crippen molar-refractivity contribution in [3.8, 4) is 11.5 Å². The van der Waals surface area contributed by atoms with E-state index in [0.29, 0.717) is 0 Å². The van der Waals surface area contributed by atoms with Crippen LogP contribution in [0.15, 0.2) is 12.1 Å². The molecule has 88 valence electrons. The Morgan fingerprint density at radius 1 is 1.25 bits per heavy atom. The molecule has 0 spiro atoms. The van der Waals surface area contributed by atoms with Gasteiger partial charge in [-0.1, -0.05) is 13.8 Å². The van der Waals surface area contributed by atoms with Crippen LogP contribution in [0.4, 0.5) is 0 Å². The molecule has 0 amide bonds. The minimum absolute atomic E-state index is 0.0758. The van der Waals surface area contributed by atoms with Crippen LogP contribution in [0.5, 0.6) is 11.5 Å². The summed E-state index contributed by atoms with van der Waals surface area (Å²) in [5.74, 6) is 1.69. The Kier molecular flexibility index (Phi) is 2.58. The normalized spacial score (nSPS) is 21.7. The van der Waals surface area contributed by atoms with Crippen LogP contribution in [0, 0.1) is 0 Å². The molecule has 0 saturated carbocycles. The van der Waals surface area contributed by atoms with Crippen molar-refractivity contribution in [3.63, 3.8) is 0 Å². The predicted molar refractivity (Wildman–Crippen MR) is 64.1 cm³/mol. The van der Waals surface area contributed by atoms with Crippen molar-refractivity contribution in [1.82, 2.24) is 0 Å². The minimum Gasteiger partial charge on any atom is -0.497 e. The van der Waals surface area contributed by atoms with Gasteiger partial charge in [-0.05, 0) is 23.5 Å². The molecule has 0 saturated heterocycles. The maximum atomic E-state index is 6.16. The van der Waals surface area contributed by atoms with Crippen molar-refractivity contribution >= 4 is 0 Å². The molecular formula is C13H19NO2. The van der Waals surface area contributed by atoms with Crippen LogP contribution in [0.3, 0.4) is 0 Å². The van der Waals surface area contributed by atoms with Gasteiger partial charge in [-0.2, -0.15) is 0 Å². The van der Waals surface area contributed by atoms with E-state index < -0.39 is 0 Å². The number of hydrogen-bond donors (Lipinski definition) is 1.